The zero-order valence-electron chi connectivity index (χ0n) is 37.7. The summed E-state index contributed by atoms with van der Waals surface area (Å²) < 4.78 is 13.3. The molecule has 2 radical (unpaired) electrons. The maximum atomic E-state index is 13.3. The van der Waals surface area contributed by atoms with Crippen molar-refractivity contribution in [2.45, 2.75) is 99.2 Å². The van der Waals surface area contributed by atoms with Gasteiger partial charge in [0.25, 0.3) is 0 Å². The number of halogens is 1. The van der Waals surface area contributed by atoms with Crippen molar-refractivity contribution in [3.63, 3.8) is 0 Å². The molecule has 0 unspecified atom stereocenters. The number of likely N-dealkylation sites (N-methyl/N-ethyl adjacent to an activating group) is 1. The van der Waals surface area contributed by atoms with Crippen LogP contribution in [0.5, 0.6) is 0 Å². The topological polar surface area (TPSA) is 132 Å². The Morgan fingerprint density at radius 3 is 1.85 bits per heavy atom. The Balaban J connectivity index is 0.000000505. The zero-order chi connectivity index (χ0) is 44.9. The number of benzene rings is 5. The smallest absolute Gasteiger partial charge is 0.190 e. The summed E-state index contributed by atoms with van der Waals surface area (Å²) in [6.45, 7) is 23.7. The molecule has 0 aromatic heterocycles. The van der Waals surface area contributed by atoms with Gasteiger partial charge in [-0.25, -0.2) is 9.24 Å². The van der Waals surface area contributed by atoms with Gasteiger partial charge in [0.1, 0.15) is 17.0 Å². The first kappa shape index (κ1) is 56.1. The van der Waals surface area contributed by atoms with Crippen LogP contribution in [0.15, 0.2) is 78.9 Å². The van der Waals surface area contributed by atoms with Crippen molar-refractivity contribution in [3.05, 3.63) is 169 Å². The van der Waals surface area contributed by atoms with Crippen molar-refractivity contribution in [3.8, 4) is 6.07 Å². The molecule has 0 amide bonds. The number of hydrogen-bond acceptors (Lipinski definition) is 7. The first-order valence-electron chi connectivity index (χ1n) is 19.8. The molecule has 4 N–H and O–H groups in total. The summed E-state index contributed by atoms with van der Waals surface area (Å²) in [5.74, 6) is -0.815. The summed E-state index contributed by atoms with van der Waals surface area (Å²) in [4.78, 5) is 30.3. The number of nitrogens with zero attached hydrogens (tertiary/aromatic N) is 3. The van der Waals surface area contributed by atoms with Crippen LogP contribution in [0.3, 0.4) is 0 Å². The molecule has 0 spiro atoms. The van der Waals surface area contributed by atoms with E-state index in [1.165, 1.54) is 13.0 Å². The number of aryl methyl sites for hydroxylation is 6. The van der Waals surface area contributed by atoms with Gasteiger partial charge in [-0.2, -0.15) is 57.8 Å². The molecule has 0 saturated carbocycles. The molecule has 0 aliphatic rings. The number of carbonyl (C=O) groups is 2. The molecule has 62 heavy (non-hydrogen) atoms. The molecular weight excluding hydrogens is 929 g/mol. The number of nitrogens with two attached hydrogens (primary N) is 1. The molecule has 5 aromatic carbocycles. The molecule has 11 heteroatoms. The van der Waals surface area contributed by atoms with Crippen LogP contribution < -0.4 is 10.6 Å². The predicted molar refractivity (Wildman–Crippen MR) is 239 cm³/mol. The minimum Gasteiger partial charge on any atom is -0.419 e. The number of anilines is 2. The third kappa shape index (κ3) is 16.3. The summed E-state index contributed by atoms with van der Waals surface area (Å²) in [5.41, 5.74) is 14.8. The van der Waals surface area contributed by atoms with Crippen LogP contribution in [0.4, 0.5) is 21.5 Å². The van der Waals surface area contributed by atoms with E-state index in [9.17, 15) is 24.2 Å². The summed E-state index contributed by atoms with van der Waals surface area (Å²) >= 11 is 0. The van der Waals surface area contributed by atoms with Crippen LogP contribution in [0.1, 0.15) is 81.5 Å². The number of Topliss-reactive ketones (excluding diaryl/α,β-unsaturated/α-hetero) is 2. The zero-order valence-corrected chi connectivity index (χ0v) is 43.4. The average molecular weight is 987 g/mol. The van der Waals surface area contributed by atoms with Crippen LogP contribution in [0, 0.1) is 84.3 Å². The second kappa shape index (κ2) is 25.4. The normalized spacial score (nSPS) is 12.1. The van der Waals surface area contributed by atoms with E-state index in [2.05, 4.69) is 23.0 Å². The third-order valence-corrected chi connectivity index (χ3v) is 10.9. The summed E-state index contributed by atoms with van der Waals surface area (Å²) in [6, 6.07) is 31.2. The van der Waals surface area contributed by atoms with Crippen molar-refractivity contribution in [2.75, 3.05) is 24.2 Å². The van der Waals surface area contributed by atoms with E-state index in [4.69, 9.17) is 17.6 Å². The second-order valence-corrected chi connectivity index (χ2v) is 16.0. The predicted octanol–water partition coefficient (Wildman–Crippen LogP) is 9.45. The quantitative estimate of drug-likeness (QED) is 0.0839. The van der Waals surface area contributed by atoms with Crippen LogP contribution in [-0.2, 0) is 94.3 Å². The average Bonchev–Trinajstić information content (AvgIpc) is 3.19. The molecule has 0 aliphatic heterocycles. The van der Waals surface area contributed by atoms with Gasteiger partial charge in [-0.15, -0.1) is 11.6 Å². The van der Waals surface area contributed by atoms with Gasteiger partial charge < -0.3 is 20.8 Å². The van der Waals surface area contributed by atoms with Crippen LogP contribution >= 0.6 is 0 Å². The fraction of sp³-hybridized carbons (Fsp3) is 0.333. The van der Waals surface area contributed by atoms with E-state index < -0.39 is 11.2 Å². The fourth-order valence-electron chi connectivity index (χ4n) is 6.41. The number of nitriles is 1. The maximum absolute atomic E-state index is 13.3. The number of ketones is 2. The van der Waals surface area contributed by atoms with E-state index in [0.717, 1.165) is 61.4 Å². The van der Waals surface area contributed by atoms with Gasteiger partial charge in [0, 0.05) is 91.0 Å². The van der Waals surface area contributed by atoms with Crippen molar-refractivity contribution in [2.24, 2.45) is 0 Å². The Kier molecular flexibility index (Phi) is 23.0. The number of nitrogen functional groups attached to an aromatic ring is 1. The van der Waals surface area contributed by atoms with Gasteiger partial charge in [0.15, 0.2) is 17.3 Å². The molecule has 5 rings (SSSR count). The molecule has 0 heterocycles. The fourth-order valence-corrected chi connectivity index (χ4v) is 6.41. The van der Waals surface area contributed by atoms with E-state index in [-0.39, 0.29) is 102 Å². The molecule has 2 atom stereocenters. The molecule has 0 bridgehead atoms. The first-order valence-corrected chi connectivity index (χ1v) is 19.8. The van der Waals surface area contributed by atoms with Crippen molar-refractivity contribution < 1.29 is 89.6 Å². The third-order valence-electron chi connectivity index (χ3n) is 10.9. The van der Waals surface area contributed by atoms with Crippen molar-refractivity contribution >= 4 is 28.6 Å². The monoisotopic (exact) mass is 986 g/mol. The number of rotatable bonds is 12. The van der Waals surface area contributed by atoms with Gasteiger partial charge in [-0.05, 0) is 99.5 Å². The molecule has 0 fully saturated rings. The van der Waals surface area contributed by atoms with E-state index in [1.807, 2.05) is 77.9 Å². The van der Waals surface area contributed by atoms with E-state index in [1.54, 1.807) is 62.2 Å². The Bertz CT molecular complexity index is 2400. The Morgan fingerprint density at radius 2 is 1.34 bits per heavy atom. The summed E-state index contributed by atoms with van der Waals surface area (Å²) in [6.07, 6.45) is 1.19. The number of hydrogen-bond donors (Lipinski definition) is 3. The number of aliphatic hydroxyl groups is 2. The van der Waals surface area contributed by atoms with Crippen molar-refractivity contribution in [1.82, 2.24) is 0 Å². The van der Waals surface area contributed by atoms with Gasteiger partial charge in [-0.1, -0.05) is 63.7 Å². The summed E-state index contributed by atoms with van der Waals surface area (Å²) in [5, 5.41) is 30.3. The minimum absolute atomic E-state index is 0. The molecular formula is C51H57FN4O4Y2-2. The van der Waals surface area contributed by atoms with Crippen LogP contribution in [-0.4, -0.2) is 46.6 Å². The van der Waals surface area contributed by atoms with Gasteiger partial charge in [-0.3, -0.25) is 9.59 Å². The van der Waals surface area contributed by atoms with E-state index in [0.29, 0.717) is 29.7 Å². The second-order valence-electron chi connectivity index (χ2n) is 16.0. The Hall–Kier alpha value is -3.92. The van der Waals surface area contributed by atoms with Crippen LogP contribution in [0.2, 0.25) is 0 Å². The summed E-state index contributed by atoms with van der Waals surface area (Å²) in [7, 11) is 1.80. The molecule has 8 nitrogen and oxygen atoms in total. The van der Waals surface area contributed by atoms with Crippen molar-refractivity contribution in [1.29, 1.82) is 5.26 Å². The molecule has 0 saturated heterocycles. The van der Waals surface area contributed by atoms with E-state index >= 15 is 0 Å². The van der Waals surface area contributed by atoms with Gasteiger partial charge in [0.2, 0.25) is 0 Å². The Labute approximate surface area is 418 Å². The molecule has 320 valence electrons. The van der Waals surface area contributed by atoms with Gasteiger partial charge in [0.05, 0.1) is 24.7 Å². The standard InChI is InChI=1S/C22H23N3O2.C21H24FO2.C8H10N.2Y/c1-15-11-19(8-7-18(15)13-23)25(5)14-22(3,27)21(26)12-17-6-9-20(24-4)16(2)10-17;1-14-6-5-7-18(16(14)3)10-11-21(4,24)20(23)13-17-8-9-19(22)15(2)12-17;1-6-4-3-5-8(9)7(6)2;;/h6-11,27H,12,14H2,1-3,5H3;5,7-9,12,24H,10-11,13H2,1-4H3;3,5H,9H2,1-2H3;;/q;2*-1;;/t22-;21-;;;/m00.../s1. The molecule has 0 aliphatic carbocycles. The van der Waals surface area contributed by atoms with Crippen LogP contribution in [0.25, 0.3) is 4.85 Å². The maximum Gasteiger partial charge on any atom is 0.190 e. The first-order chi connectivity index (χ1) is 28.1. The Morgan fingerprint density at radius 1 is 0.790 bits per heavy atom. The molecule has 5 aromatic rings. The van der Waals surface area contributed by atoms with Gasteiger partial charge >= 0.3 is 0 Å². The number of carbonyl (C=O) groups excluding carboxylic acids is 2. The SMILES string of the molecule is Cc1[c-]ccc(CC[C@](C)(O)C(=O)Cc2ccc(F)c(C)c2)c1C.Cc1[c-]ccc(N)c1C.[C-]#[N+]c1ccc(CC(=O)[C@@](C)(O)CN(C)c2ccc(C#N)c(C)c2)cc1C.[Y].[Y]. The largest absolute Gasteiger partial charge is 0.419 e. The minimum atomic E-state index is -1.52.